The number of nitrogens with zero attached hydrogens (tertiary/aromatic N) is 3. The van der Waals surface area contributed by atoms with Crippen molar-refractivity contribution in [2.75, 3.05) is 0 Å². The van der Waals surface area contributed by atoms with Crippen LogP contribution in [-0.4, -0.2) is 26.3 Å². The summed E-state index contributed by atoms with van der Waals surface area (Å²) in [5.74, 6) is -0.655. The third-order valence-corrected chi connectivity index (χ3v) is 5.16. The van der Waals surface area contributed by atoms with E-state index >= 15 is 0 Å². The molecule has 1 aromatic heterocycles. The predicted octanol–water partition coefficient (Wildman–Crippen LogP) is 2.24. The molecule has 0 spiro atoms. The minimum absolute atomic E-state index is 0.0315. The molecule has 0 fully saturated rings. The molecule has 2 amide bonds. The van der Waals surface area contributed by atoms with Crippen LogP contribution in [0.4, 0.5) is 4.39 Å². The number of amides is 2. The van der Waals surface area contributed by atoms with Gasteiger partial charge in [-0.05, 0) is 45.4 Å². The van der Waals surface area contributed by atoms with Gasteiger partial charge >= 0.3 is 0 Å². The van der Waals surface area contributed by atoms with E-state index in [1.807, 2.05) is 0 Å². The first-order valence-corrected chi connectivity index (χ1v) is 9.02. The Bertz CT molecular complexity index is 1010. The number of hydrogen-bond acceptors (Lipinski definition) is 4. The molecule has 0 saturated carbocycles. The molecule has 148 valence electrons. The maximum atomic E-state index is 13.0. The Balaban J connectivity index is 1.96. The maximum absolute atomic E-state index is 13.0. The van der Waals surface area contributed by atoms with Crippen LogP contribution in [0.15, 0.2) is 29.1 Å². The summed E-state index contributed by atoms with van der Waals surface area (Å²) in [6.07, 6.45) is -0.488. The quantitative estimate of drug-likeness (QED) is 0.877. The third-order valence-electron chi connectivity index (χ3n) is 5.16. The lowest BCUT2D eigenvalue weighted by Crippen LogP contribution is -2.41. The second kappa shape index (κ2) is 6.85. The molecule has 1 atom stereocenters. The SMILES string of the molecule is CC(=O)N1C(C)n2c(nc(C(=O)NCc3ccc(F)cc3)c(C)c2=O)C1(C)C. The summed E-state index contributed by atoms with van der Waals surface area (Å²) in [7, 11) is 0. The third kappa shape index (κ3) is 3.08. The summed E-state index contributed by atoms with van der Waals surface area (Å²) in [6, 6.07) is 5.77. The van der Waals surface area contributed by atoms with Crippen molar-refractivity contribution >= 4 is 11.8 Å². The van der Waals surface area contributed by atoms with Gasteiger partial charge in [0.15, 0.2) is 0 Å². The molecule has 1 aromatic carbocycles. The first-order valence-electron chi connectivity index (χ1n) is 9.02. The van der Waals surface area contributed by atoms with E-state index in [0.29, 0.717) is 5.82 Å². The van der Waals surface area contributed by atoms with Crippen LogP contribution in [0.1, 0.15) is 61.3 Å². The fourth-order valence-corrected chi connectivity index (χ4v) is 3.84. The Morgan fingerprint density at radius 2 is 1.86 bits per heavy atom. The van der Waals surface area contributed by atoms with Gasteiger partial charge in [-0.15, -0.1) is 0 Å². The van der Waals surface area contributed by atoms with E-state index < -0.39 is 17.6 Å². The molecule has 0 radical (unpaired) electrons. The number of benzene rings is 1. The summed E-state index contributed by atoms with van der Waals surface area (Å²) in [5.41, 5.74) is -0.204. The lowest BCUT2D eigenvalue weighted by Gasteiger charge is -2.32. The van der Waals surface area contributed by atoms with Gasteiger partial charge in [-0.3, -0.25) is 19.0 Å². The lowest BCUT2D eigenvalue weighted by molar-refractivity contribution is -0.137. The normalized spacial score (nSPS) is 17.4. The van der Waals surface area contributed by atoms with Crippen LogP contribution in [0, 0.1) is 12.7 Å². The molecular formula is C20H23FN4O3. The van der Waals surface area contributed by atoms with Gasteiger partial charge in [0.25, 0.3) is 11.5 Å². The van der Waals surface area contributed by atoms with E-state index in [2.05, 4.69) is 10.3 Å². The molecule has 0 bridgehead atoms. The molecule has 1 aliphatic heterocycles. The molecular weight excluding hydrogens is 363 g/mol. The van der Waals surface area contributed by atoms with Gasteiger partial charge in [0.05, 0.1) is 5.54 Å². The van der Waals surface area contributed by atoms with Crippen molar-refractivity contribution in [3.05, 3.63) is 63.1 Å². The minimum atomic E-state index is -0.829. The zero-order valence-corrected chi connectivity index (χ0v) is 16.5. The monoisotopic (exact) mass is 386 g/mol. The van der Waals surface area contributed by atoms with Gasteiger partial charge in [0, 0.05) is 19.0 Å². The van der Waals surface area contributed by atoms with Crippen molar-refractivity contribution in [3.8, 4) is 0 Å². The zero-order chi connectivity index (χ0) is 20.8. The number of nitrogens with one attached hydrogen (secondary N) is 1. The van der Waals surface area contributed by atoms with Crippen LogP contribution in [0.3, 0.4) is 0 Å². The average Bonchev–Trinajstić information content (AvgIpc) is 2.82. The van der Waals surface area contributed by atoms with Crippen molar-refractivity contribution in [2.45, 2.75) is 52.9 Å². The van der Waals surface area contributed by atoms with Gasteiger partial charge in [-0.1, -0.05) is 12.1 Å². The highest BCUT2D eigenvalue weighted by molar-refractivity contribution is 5.93. The first kappa shape index (κ1) is 19.7. The summed E-state index contributed by atoms with van der Waals surface area (Å²) < 4.78 is 14.5. The van der Waals surface area contributed by atoms with Crippen molar-refractivity contribution in [2.24, 2.45) is 0 Å². The van der Waals surface area contributed by atoms with E-state index in [1.54, 1.807) is 44.7 Å². The Hall–Kier alpha value is -3.03. The molecule has 3 rings (SSSR count). The standard InChI is InChI=1S/C20H23FN4O3/c1-11-16(17(27)22-10-14-6-8-15(21)9-7-14)23-19-20(4,5)25(13(3)26)12(2)24(19)18(11)28/h6-9,12H,10H2,1-5H3,(H,22,27). The van der Waals surface area contributed by atoms with Gasteiger partial charge in [0.1, 0.15) is 23.5 Å². The van der Waals surface area contributed by atoms with Crippen LogP contribution < -0.4 is 10.9 Å². The first-order chi connectivity index (χ1) is 13.1. The van der Waals surface area contributed by atoms with E-state index in [-0.39, 0.29) is 35.1 Å². The van der Waals surface area contributed by atoms with Crippen LogP contribution in [-0.2, 0) is 16.9 Å². The molecule has 2 heterocycles. The molecule has 0 saturated heterocycles. The van der Waals surface area contributed by atoms with Crippen molar-refractivity contribution in [1.82, 2.24) is 19.8 Å². The number of rotatable bonds is 3. The molecule has 0 aliphatic carbocycles. The van der Waals surface area contributed by atoms with Crippen LogP contribution in [0.25, 0.3) is 0 Å². The highest BCUT2D eigenvalue weighted by Gasteiger charge is 2.46. The van der Waals surface area contributed by atoms with Gasteiger partial charge in [-0.25, -0.2) is 9.37 Å². The molecule has 8 heteroatoms. The van der Waals surface area contributed by atoms with Crippen LogP contribution in [0.2, 0.25) is 0 Å². The van der Waals surface area contributed by atoms with E-state index in [0.717, 1.165) is 5.56 Å². The maximum Gasteiger partial charge on any atom is 0.270 e. The van der Waals surface area contributed by atoms with Crippen LogP contribution in [0.5, 0.6) is 0 Å². The average molecular weight is 386 g/mol. The van der Waals surface area contributed by atoms with E-state index in [1.165, 1.54) is 23.6 Å². The number of carbonyl (C=O) groups is 2. The second-order valence-corrected chi connectivity index (χ2v) is 7.47. The van der Waals surface area contributed by atoms with Crippen molar-refractivity contribution < 1.29 is 14.0 Å². The predicted molar refractivity (Wildman–Crippen MR) is 101 cm³/mol. The fraction of sp³-hybridized carbons (Fsp3) is 0.400. The topological polar surface area (TPSA) is 84.3 Å². The van der Waals surface area contributed by atoms with E-state index in [4.69, 9.17) is 0 Å². The Morgan fingerprint density at radius 1 is 1.25 bits per heavy atom. The summed E-state index contributed by atoms with van der Waals surface area (Å²) in [5, 5.41) is 2.71. The van der Waals surface area contributed by atoms with Gasteiger partial charge in [-0.2, -0.15) is 0 Å². The van der Waals surface area contributed by atoms with E-state index in [9.17, 15) is 18.8 Å². The molecule has 1 aliphatic rings. The molecule has 1 N–H and O–H groups in total. The molecule has 28 heavy (non-hydrogen) atoms. The second-order valence-electron chi connectivity index (χ2n) is 7.47. The minimum Gasteiger partial charge on any atom is -0.347 e. The summed E-state index contributed by atoms with van der Waals surface area (Å²) in [6.45, 7) is 8.52. The van der Waals surface area contributed by atoms with Crippen LogP contribution >= 0.6 is 0 Å². The molecule has 7 nitrogen and oxygen atoms in total. The summed E-state index contributed by atoms with van der Waals surface area (Å²) in [4.78, 5) is 43.8. The molecule has 1 unspecified atom stereocenters. The van der Waals surface area contributed by atoms with Crippen molar-refractivity contribution in [3.63, 3.8) is 0 Å². The Kier molecular flexibility index (Phi) is 4.82. The number of fused-ring (bicyclic) bond motifs is 1. The Morgan fingerprint density at radius 3 is 2.43 bits per heavy atom. The smallest absolute Gasteiger partial charge is 0.270 e. The lowest BCUT2D eigenvalue weighted by atomic mass is 10.0. The molecule has 2 aromatic rings. The summed E-state index contributed by atoms with van der Waals surface area (Å²) >= 11 is 0. The van der Waals surface area contributed by atoms with Gasteiger partial charge < -0.3 is 10.2 Å². The largest absolute Gasteiger partial charge is 0.347 e. The highest BCUT2D eigenvalue weighted by atomic mass is 19.1. The number of carbonyl (C=O) groups excluding carboxylic acids is 2. The van der Waals surface area contributed by atoms with Gasteiger partial charge in [0.2, 0.25) is 5.91 Å². The fourth-order valence-electron chi connectivity index (χ4n) is 3.84. The number of aromatic nitrogens is 2. The zero-order valence-electron chi connectivity index (χ0n) is 16.5. The van der Waals surface area contributed by atoms with Crippen molar-refractivity contribution in [1.29, 1.82) is 0 Å². The highest BCUT2D eigenvalue weighted by Crippen LogP contribution is 2.38. The number of halogens is 1. The Labute approximate surface area is 162 Å². The number of hydrogen-bond donors (Lipinski definition) is 1.